The van der Waals surface area contributed by atoms with E-state index in [1.54, 1.807) is 11.1 Å². The van der Waals surface area contributed by atoms with Gasteiger partial charge in [0.2, 0.25) is 0 Å². The molecule has 6 nitrogen and oxygen atoms in total. The molecular formula is C19H21N3O3. The Morgan fingerprint density at radius 3 is 2.60 bits per heavy atom. The number of carbonyl (C=O) groups excluding carboxylic acids is 1. The summed E-state index contributed by atoms with van der Waals surface area (Å²) in [5.41, 5.74) is 3.11. The fourth-order valence-electron chi connectivity index (χ4n) is 3.00. The average molecular weight is 339 g/mol. The number of pyridine rings is 1. The highest BCUT2D eigenvalue weighted by Gasteiger charge is 2.31. The van der Waals surface area contributed by atoms with Crippen molar-refractivity contribution >= 4 is 12.0 Å². The van der Waals surface area contributed by atoms with Crippen molar-refractivity contribution in [2.45, 2.75) is 19.4 Å². The van der Waals surface area contributed by atoms with E-state index >= 15 is 0 Å². The maximum Gasteiger partial charge on any atom is 0.317 e. The van der Waals surface area contributed by atoms with Gasteiger partial charge in [0.1, 0.15) is 0 Å². The van der Waals surface area contributed by atoms with Gasteiger partial charge >= 0.3 is 12.0 Å². The monoisotopic (exact) mass is 339 g/mol. The lowest BCUT2D eigenvalue weighted by atomic mass is 10.0. The van der Waals surface area contributed by atoms with Crippen LogP contribution < -0.4 is 5.32 Å². The molecule has 1 aromatic heterocycles. The number of hydrogen-bond acceptors (Lipinski definition) is 3. The molecule has 130 valence electrons. The third-order valence-corrected chi connectivity index (χ3v) is 4.57. The minimum absolute atomic E-state index is 0.153. The number of hydrogen-bond donors (Lipinski definition) is 2. The predicted molar refractivity (Wildman–Crippen MR) is 93.9 cm³/mol. The second-order valence-electron chi connectivity index (χ2n) is 6.30. The van der Waals surface area contributed by atoms with Crippen molar-refractivity contribution in [1.29, 1.82) is 0 Å². The Morgan fingerprint density at radius 1 is 1.24 bits per heavy atom. The highest BCUT2D eigenvalue weighted by molar-refractivity contribution is 5.77. The Bertz CT molecular complexity index is 746. The van der Waals surface area contributed by atoms with E-state index in [2.05, 4.69) is 10.3 Å². The molecule has 2 atom stereocenters. The van der Waals surface area contributed by atoms with Gasteiger partial charge in [-0.05, 0) is 36.1 Å². The first-order valence-electron chi connectivity index (χ1n) is 8.33. The zero-order chi connectivity index (χ0) is 17.8. The second kappa shape index (κ2) is 7.34. The highest BCUT2D eigenvalue weighted by Crippen LogP contribution is 2.22. The molecule has 2 aromatic rings. The first-order valence-corrected chi connectivity index (χ1v) is 8.33. The number of amides is 2. The van der Waals surface area contributed by atoms with E-state index in [-0.39, 0.29) is 18.6 Å². The van der Waals surface area contributed by atoms with Gasteiger partial charge in [-0.2, -0.15) is 0 Å². The minimum atomic E-state index is -0.839. The molecule has 2 unspecified atom stereocenters. The van der Waals surface area contributed by atoms with Gasteiger partial charge in [-0.1, -0.05) is 30.3 Å². The van der Waals surface area contributed by atoms with Gasteiger partial charge in [-0.25, -0.2) is 4.79 Å². The molecule has 1 saturated heterocycles. The van der Waals surface area contributed by atoms with E-state index in [0.29, 0.717) is 13.0 Å². The van der Waals surface area contributed by atoms with Crippen LogP contribution in [0.3, 0.4) is 0 Å². The standard InChI is InChI=1S/C19H21N3O3/c1-13(21-19(25)22-10-8-17(12-22)18(23)24)14-4-6-15(7-5-14)16-3-2-9-20-11-16/h2-7,9,11,13,17H,8,10,12H2,1H3,(H,21,25)(H,23,24). The van der Waals surface area contributed by atoms with Crippen molar-refractivity contribution in [3.05, 3.63) is 54.4 Å². The van der Waals surface area contributed by atoms with Crippen molar-refractivity contribution in [1.82, 2.24) is 15.2 Å². The summed E-state index contributed by atoms with van der Waals surface area (Å²) in [6, 6.07) is 11.5. The van der Waals surface area contributed by atoms with Crippen molar-refractivity contribution in [2.75, 3.05) is 13.1 Å². The summed E-state index contributed by atoms with van der Waals surface area (Å²) < 4.78 is 0. The van der Waals surface area contributed by atoms with Crippen molar-refractivity contribution in [2.24, 2.45) is 5.92 Å². The average Bonchev–Trinajstić information content (AvgIpc) is 3.13. The van der Waals surface area contributed by atoms with E-state index in [1.165, 1.54) is 0 Å². The number of nitrogens with zero attached hydrogens (tertiary/aromatic N) is 2. The Balaban J connectivity index is 1.61. The third kappa shape index (κ3) is 3.96. The van der Waals surface area contributed by atoms with E-state index in [1.807, 2.05) is 49.5 Å². The Labute approximate surface area is 146 Å². The Morgan fingerprint density at radius 2 is 2.00 bits per heavy atom. The van der Waals surface area contributed by atoms with Crippen molar-refractivity contribution < 1.29 is 14.7 Å². The normalized spacial score (nSPS) is 18.0. The van der Waals surface area contributed by atoms with E-state index in [9.17, 15) is 9.59 Å². The number of likely N-dealkylation sites (tertiary alicyclic amines) is 1. The first-order chi connectivity index (χ1) is 12.0. The topological polar surface area (TPSA) is 82.5 Å². The highest BCUT2D eigenvalue weighted by atomic mass is 16.4. The van der Waals surface area contributed by atoms with Gasteiger partial charge in [-0.15, -0.1) is 0 Å². The maximum absolute atomic E-state index is 12.3. The maximum atomic E-state index is 12.3. The van der Waals surface area contributed by atoms with Crippen LogP contribution in [0.5, 0.6) is 0 Å². The van der Waals surface area contributed by atoms with E-state index < -0.39 is 11.9 Å². The molecule has 1 aliphatic heterocycles. The smallest absolute Gasteiger partial charge is 0.317 e. The van der Waals surface area contributed by atoms with Crippen LogP contribution in [0, 0.1) is 5.92 Å². The number of carbonyl (C=O) groups is 2. The van der Waals surface area contributed by atoms with Gasteiger partial charge in [0.05, 0.1) is 12.0 Å². The summed E-state index contributed by atoms with van der Waals surface area (Å²) >= 11 is 0. The number of benzene rings is 1. The molecule has 1 aliphatic rings. The molecule has 1 aromatic carbocycles. The van der Waals surface area contributed by atoms with Crippen molar-refractivity contribution in [3.63, 3.8) is 0 Å². The van der Waals surface area contributed by atoms with Gasteiger partial charge in [0, 0.05) is 25.5 Å². The van der Waals surface area contributed by atoms with E-state index in [4.69, 9.17) is 5.11 Å². The van der Waals surface area contributed by atoms with Gasteiger partial charge in [0.25, 0.3) is 0 Å². The zero-order valence-corrected chi connectivity index (χ0v) is 14.1. The number of carboxylic acid groups (broad SMARTS) is 1. The molecule has 0 spiro atoms. The summed E-state index contributed by atoms with van der Waals surface area (Å²) in [6.45, 7) is 2.67. The molecule has 0 bridgehead atoms. The summed E-state index contributed by atoms with van der Waals surface area (Å²) in [5.74, 6) is -1.30. The molecule has 2 heterocycles. The van der Waals surface area contributed by atoms with Gasteiger partial charge in [0.15, 0.2) is 0 Å². The molecule has 0 radical (unpaired) electrons. The largest absolute Gasteiger partial charge is 0.481 e. The molecule has 25 heavy (non-hydrogen) atoms. The van der Waals surface area contributed by atoms with Crippen LogP contribution in [-0.2, 0) is 4.79 Å². The number of aromatic nitrogens is 1. The lowest BCUT2D eigenvalue weighted by Gasteiger charge is -2.21. The molecule has 0 aliphatic carbocycles. The Kier molecular flexibility index (Phi) is 4.97. The molecule has 6 heteroatoms. The molecule has 2 amide bonds. The van der Waals surface area contributed by atoms with Crippen molar-refractivity contribution in [3.8, 4) is 11.1 Å². The Hall–Kier alpha value is -2.89. The first kappa shape index (κ1) is 17.0. The van der Waals surface area contributed by atoms with Crippen LogP contribution in [0.25, 0.3) is 11.1 Å². The van der Waals surface area contributed by atoms with Crippen LogP contribution >= 0.6 is 0 Å². The fraction of sp³-hybridized carbons (Fsp3) is 0.316. The van der Waals surface area contributed by atoms with Crippen LogP contribution in [-0.4, -0.2) is 40.1 Å². The number of nitrogens with one attached hydrogen (secondary N) is 1. The molecule has 3 rings (SSSR count). The predicted octanol–water partition coefficient (Wildman–Crippen LogP) is 2.93. The summed E-state index contributed by atoms with van der Waals surface area (Å²) in [5, 5.41) is 12.0. The summed E-state index contributed by atoms with van der Waals surface area (Å²) in [6.07, 6.45) is 4.06. The fourth-order valence-corrected chi connectivity index (χ4v) is 3.00. The SMILES string of the molecule is CC(NC(=O)N1CCC(C(=O)O)C1)c1ccc(-c2cccnc2)cc1. The lowest BCUT2D eigenvalue weighted by molar-refractivity contribution is -0.141. The third-order valence-electron chi connectivity index (χ3n) is 4.57. The van der Waals surface area contributed by atoms with Crippen LogP contribution in [0.4, 0.5) is 4.79 Å². The number of carboxylic acids is 1. The quantitative estimate of drug-likeness (QED) is 0.897. The van der Waals surface area contributed by atoms with Gasteiger partial charge < -0.3 is 15.3 Å². The number of rotatable bonds is 4. The number of aliphatic carboxylic acids is 1. The van der Waals surface area contributed by atoms with Crippen LogP contribution in [0.1, 0.15) is 24.9 Å². The summed E-state index contributed by atoms with van der Waals surface area (Å²) in [4.78, 5) is 29.0. The molecule has 2 N–H and O–H groups in total. The van der Waals surface area contributed by atoms with E-state index in [0.717, 1.165) is 16.7 Å². The number of urea groups is 1. The minimum Gasteiger partial charge on any atom is -0.481 e. The van der Waals surface area contributed by atoms with Crippen LogP contribution in [0.15, 0.2) is 48.8 Å². The second-order valence-corrected chi connectivity index (χ2v) is 6.30. The molecule has 1 fully saturated rings. The van der Waals surface area contributed by atoms with Crippen LogP contribution in [0.2, 0.25) is 0 Å². The molecule has 0 saturated carbocycles. The summed E-state index contributed by atoms with van der Waals surface area (Å²) in [7, 11) is 0. The zero-order valence-electron chi connectivity index (χ0n) is 14.1. The lowest BCUT2D eigenvalue weighted by Crippen LogP contribution is -2.40. The molecular weight excluding hydrogens is 318 g/mol. The van der Waals surface area contributed by atoms with Gasteiger partial charge in [-0.3, -0.25) is 9.78 Å².